The van der Waals surface area contributed by atoms with E-state index in [1.807, 2.05) is 0 Å². The first-order valence-electron chi connectivity index (χ1n) is 7.72. The number of nitrogens with zero attached hydrogens (tertiary/aromatic N) is 1. The number of nitrogens with one attached hydrogen (secondary N) is 1. The number of ether oxygens (including phenoxy) is 1. The Morgan fingerprint density at radius 1 is 1.32 bits per heavy atom. The molecule has 0 bridgehead atoms. The number of amides is 1. The maximum absolute atomic E-state index is 11.7. The van der Waals surface area contributed by atoms with Gasteiger partial charge in [-0.05, 0) is 18.8 Å². The first-order chi connectivity index (χ1) is 9.13. The van der Waals surface area contributed by atoms with Gasteiger partial charge in [-0.2, -0.15) is 0 Å². The molecule has 1 amide bonds. The Hall–Kier alpha value is -0.610. The largest absolute Gasteiger partial charge is 0.379 e. The van der Waals surface area contributed by atoms with E-state index in [9.17, 15) is 4.79 Å². The fourth-order valence-electron chi connectivity index (χ4n) is 2.51. The van der Waals surface area contributed by atoms with E-state index in [2.05, 4.69) is 31.0 Å². The van der Waals surface area contributed by atoms with Gasteiger partial charge >= 0.3 is 0 Å². The molecule has 19 heavy (non-hydrogen) atoms. The van der Waals surface area contributed by atoms with Crippen molar-refractivity contribution in [2.45, 2.75) is 52.5 Å². The topological polar surface area (TPSA) is 41.6 Å². The summed E-state index contributed by atoms with van der Waals surface area (Å²) in [6.45, 7) is 11.0. The summed E-state index contributed by atoms with van der Waals surface area (Å²) >= 11 is 0. The fourth-order valence-corrected chi connectivity index (χ4v) is 2.51. The SMILES string of the molecule is CCCCC(=O)NCC(CC(C)C)N1CCOCC1. The standard InChI is InChI=1S/C15H30N2O2/c1-4-5-6-15(18)16-12-14(11-13(2)3)17-7-9-19-10-8-17/h13-14H,4-12H2,1-3H3,(H,16,18). The van der Waals surface area contributed by atoms with Crippen molar-refractivity contribution in [1.29, 1.82) is 0 Å². The summed E-state index contributed by atoms with van der Waals surface area (Å²) in [4.78, 5) is 14.2. The molecule has 1 aliphatic heterocycles. The van der Waals surface area contributed by atoms with Crippen LogP contribution in [-0.4, -0.2) is 49.7 Å². The van der Waals surface area contributed by atoms with Gasteiger partial charge in [0, 0.05) is 32.1 Å². The van der Waals surface area contributed by atoms with Crippen molar-refractivity contribution >= 4 is 5.91 Å². The van der Waals surface area contributed by atoms with Gasteiger partial charge in [-0.3, -0.25) is 9.69 Å². The second kappa shape index (κ2) is 9.32. The molecule has 1 aliphatic rings. The lowest BCUT2D eigenvalue weighted by Crippen LogP contribution is -2.49. The van der Waals surface area contributed by atoms with Crippen molar-refractivity contribution in [3.63, 3.8) is 0 Å². The van der Waals surface area contributed by atoms with Crippen molar-refractivity contribution in [3.05, 3.63) is 0 Å². The maximum atomic E-state index is 11.7. The van der Waals surface area contributed by atoms with Crippen LogP contribution in [0, 0.1) is 5.92 Å². The number of hydrogen-bond acceptors (Lipinski definition) is 3. The van der Waals surface area contributed by atoms with Gasteiger partial charge in [0.1, 0.15) is 0 Å². The zero-order valence-corrected chi connectivity index (χ0v) is 12.8. The minimum Gasteiger partial charge on any atom is -0.379 e. The highest BCUT2D eigenvalue weighted by molar-refractivity contribution is 5.75. The van der Waals surface area contributed by atoms with Gasteiger partial charge in [-0.1, -0.05) is 27.2 Å². The zero-order valence-electron chi connectivity index (χ0n) is 12.8. The third kappa shape index (κ3) is 6.92. The molecule has 1 fully saturated rings. The van der Waals surface area contributed by atoms with E-state index in [0.717, 1.165) is 52.1 Å². The highest BCUT2D eigenvalue weighted by Crippen LogP contribution is 2.13. The summed E-state index contributed by atoms with van der Waals surface area (Å²) in [5.74, 6) is 0.851. The Kier molecular flexibility index (Phi) is 8.07. The van der Waals surface area contributed by atoms with Gasteiger partial charge in [0.15, 0.2) is 0 Å². The van der Waals surface area contributed by atoms with Crippen LogP contribution in [0.2, 0.25) is 0 Å². The molecule has 1 heterocycles. The molecule has 4 heteroatoms. The van der Waals surface area contributed by atoms with Crippen LogP contribution in [0.25, 0.3) is 0 Å². The monoisotopic (exact) mass is 270 g/mol. The summed E-state index contributed by atoms with van der Waals surface area (Å²) in [5.41, 5.74) is 0. The van der Waals surface area contributed by atoms with Crippen LogP contribution in [0.4, 0.5) is 0 Å². The molecular weight excluding hydrogens is 240 g/mol. The van der Waals surface area contributed by atoms with E-state index in [4.69, 9.17) is 4.74 Å². The molecule has 0 aromatic heterocycles. The number of rotatable bonds is 8. The van der Waals surface area contributed by atoms with E-state index in [1.54, 1.807) is 0 Å². The van der Waals surface area contributed by atoms with Gasteiger partial charge < -0.3 is 10.1 Å². The summed E-state index contributed by atoms with van der Waals surface area (Å²) in [7, 11) is 0. The average molecular weight is 270 g/mol. The van der Waals surface area contributed by atoms with Gasteiger partial charge in [0.2, 0.25) is 5.91 Å². The number of unbranched alkanes of at least 4 members (excludes halogenated alkanes) is 1. The van der Waals surface area contributed by atoms with Crippen LogP contribution in [0.15, 0.2) is 0 Å². The predicted octanol–water partition coefficient (Wildman–Crippen LogP) is 2.04. The highest BCUT2D eigenvalue weighted by Gasteiger charge is 2.22. The number of hydrogen-bond donors (Lipinski definition) is 1. The Balaban J connectivity index is 2.37. The zero-order chi connectivity index (χ0) is 14.1. The third-order valence-electron chi connectivity index (χ3n) is 3.60. The molecule has 1 atom stereocenters. The molecule has 0 saturated carbocycles. The van der Waals surface area contributed by atoms with E-state index in [-0.39, 0.29) is 5.91 Å². The molecule has 1 N–H and O–H groups in total. The smallest absolute Gasteiger partial charge is 0.220 e. The van der Waals surface area contributed by atoms with Gasteiger partial charge in [-0.25, -0.2) is 0 Å². The highest BCUT2D eigenvalue weighted by atomic mass is 16.5. The fraction of sp³-hybridized carbons (Fsp3) is 0.933. The van der Waals surface area contributed by atoms with Crippen molar-refractivity contribution in [1.82, 2.24) is 10.2 Å². The molecule has 0 aromatic carbocycles. The molecule has 0 aliphatic carbocycles. The first kappa shape index (κ1) is 16.4. The molecule has 1 rings (SSSR count). The number of morpholine rings is 1. The van der Waals surface area contributed by atoms with E-state index in [1.165, 1.54) is 0 Å². The normalized spacial score (nSPS) is 18.5. The predicted molar refractivity (Wildman–Crippen MR) is 78.2 cm³/mol. The van der Waals surface area contributed by atoms with Crippen LogP contribution in [0.1, 0.15) is 46.5 Å². The van der Waals surface area contributed by atoms with Crippen molar-refractivity contribution in [2.24, 2.45) is 5.92 Å². The van der Waals surface area contributed by atoms with Crippen LogP contribution in [0.3, 0.4) is 0 Å². The third-order valence-corrected chi connectivity index (χ3v) is 3.60. The average Bonchev–Trinajstić information content (AvgIpc) is 2.41. The quantitative estimate of drug-likeness (QED) is 0.734. The summed E-state index contributed by atoms with van der Waals surface area (Å²) in [6, 6.07) is 0.453. The maximum Gasteiger partial charge on any atom is 0.220 e. The summed E-state index contributed by atoms with van der Waals surface area (Å²) in [5, 5.41) is 3.10. The van der Waals surface area contributed by atoms with E-state index in [0.29, 0.717) is 18.4 Å². The first-order valence-corrected chi connectivity index (χ1v) is 7.72. The van der Waals surface area contributed by atoms with Crippen LogP contribution >= 0.6 is 0 Å². The summed E-state index contributed by atoms with van der Waals surface area (Å²) < 4.78 is 5.40. The minimum absolute atomic E-state index is 0.198. The van der Waals surface area contributed by atoms with Gasteiger partial charge in [-0.15, -0.1) is 0 Å². The molecule has 0 spiro atoms. The Labute approximate surface area is 117 Å². The second-order valence-corrected chi connectivity index (χ2v) is 5.84. The van der Waals surface area contributed by atoms with Crippen molar-refractivity contribution < 1.29 is 9.53 Å². The van der Waals surface area contributed by atoms with Crippen molar-refractivity contribution in [3.8, 4) is 0 Å². The van der Waals surface area contributed by atoms with Crippen LogP contribution in [-0.2, 0) is 9.53 Å². The van der Waals surface area contributed by atoms with Crippen molar-refractivity contribution in [2.75, 3.05) is 32.8 Å². The molecule has 0 radical (unpaired) electrons. The molecule has 4 nitrogen and oxygen atoms in total. The Bertz CT molecular complexity index is 251. The molecule has 1 saturated heterocycles. The van der Waals surface area contributed by atoms with Gasteiger partial charge in [0.05, 0.1) is 13.2 Å². The lowest BCUT2D eigenvalue weighted by atomic mass is 10.0. The molecule has 0 aromatic rings. The van der Waals surface area contributed by atoms with E-state index < -0.39 is 0 Å². The van der Waals surface area contributed by atoms with Crippen LogP contribution in [0.5, 0.6) is 0 Å². The molecule has 112 valence electrons. The lowest BCUT2D eigenvalue weighted by Gasteiger charge is -2.35. The number of carbonyl (C=O) groups excluding carboxylic acids is 1. The van der Waals surface area contributed by atoms with Crippen LogP contribution < -0.4 is 5.32 Å². The number of carbonyl (C=O) groups is 1. The second-order valence-electron chi connectivity index (χ2n) is 5.84. The minimum atomic E-state index is 0.198. The molecular formula is C15H30N2O2. The van der Waals surface area contributed by atoms with E-state index >= 15 is 0 Å². The Morgan fingerprint density at radius 2 is 2.00 bits per heavy atom. The lowest BCUT2D eigenvalue weighted by molar-refractivity contribution is -0.121. The Morgan fingerprint density at radius 3 is 2.58 bits per heavy atom. The summed E-state index contributed by atoms with van der Waals surface area (Å²) in [6.07, 6.45) is 3.85. The molecule has 1 unspecified atom stereocenters. The van der Waals surface area contributed by atoms with Gasteiger partial charge in [0.25, 0.3) is 0 Å².